The van der Waals surface area contributed by atoms with Gasteiger partial charge in [-0.25, -0.2) is 0 Å². The molecule has 11 heteroatoms. The summed E-state index contributed by atoms with van der Waals surface area (Å²) in [7, 11) is 0. The monoisotopic (exact) mass is 505 g/mol. The van der Waals surface area contributed by atoms with Crippen molar-refractivity contribution >= 4 is 28.5 Å². The first-order valence-corrected chi connectivity index (χ1v) is 9.19. The van der Waals surface area contributed by atoms with Gasteiger partial charge in [0.15, 0.2) is 5.82 Å². The number of rotatable bonds is 5. The van der Waals surface area contributed by atoms with Gasteiger partial charge >= 0.3 is 18.0 Å². The first-order chi connectivity index (χ1) is 13.1. The van der Waals surface area contributed by atoms with Gasteiger partial charge in [-0.3, -0.25) is 9.48 Å². The number of carbonyl (C=O) groups is 1. The second-order valence-corrected chi connectivity index (χ2v) is 7.12. The molecule has 3 rings (SSSR count). The van der Waals surface area contributed by atoms with E-state index in [-0.39, 0.29) is 24.8 Å². The minimum atomic E-state index is -4.44. The molecule has 1 aromatic carbocycles. The van der Waals surface area contributed by atoms with E-state index in [1.807, 2.05) is 13.8 Å². The summed E-state index contributed by atoms with van der Waals surface area (Å²) in [5, 5.41) is 10.6. The SMILES string of the molecule is Cc1nn(Cc2noc(C(=O)NCc3cccc(C(F)(F)F)c3)n2)c(C)c1I. The van der Waals surface area contributed by atoms with E-state index in [1.165, 1.54) is 12.1 Å². The summed E-state index contributed by atoms with van der Waals surface area (Å²) in [5.74, 6) is -0.663. The van der Waals surface area contributed by atoms with E-state index in [0.717, 1.165) is 27.1 Å². The zero-order chi connectivity index (χ0) is 20.5. The lowest BCUT2D eigenvalue weighted by atomic mass is 10.1. The third-order valence-corrected chi connectivity index (χ3v) is 5.52. The lowest BCUT2D eigenvalue weighted by molar-refractivity contribution is -0.137. The number of carbonyl (C=O) groups excluding carboxylic acids is 1. The van der Waals surface area contributed by atoms with Crippen molar-refractivity contribution in [3.63, 3.8) is 0 Å². The number of aryl methyl sites for hydroxylation is 1. The molecule has 0 aliphatic heterocycles. The number of hydrogen-bond acceptors (Lipinski definition) is 5. The standard InChI is InChI=1S/C17H15F3IN5O2/c1-9-14(21)10(2)26(24-9)8-13-23-16(28-25-13)15(27)22-7-11-4-3-5-12(6-11)17(18,19)20/h3-6H,7-8H2,1-2H3,(H,22,27). The van der Waals surface area contributed by atoms with Crippen molar-refractivity contribution in [1.29, 1.82) is 0 Å². The molecule has 2 heterocycles. The third kappa shape index (κ3) is 4.51. The van der Waals surface area contributed by atoms with Crippen LogP contribution in [0.1, 0.15) is 39.0 Å². The molecule has 0 saturated carbocycles. The Balaban J connectivity index is 1.64. The van der Waals surface area contributed by atoms with E-state index in [1.54, 1.807) is 4.68 Å². The molecule has 3 aromatic rings. The molecule has 0 unspecified atom stereocenters. The first-order valence-electron chi connectivity index (χ1n) is 8.11. The van der Waals surface area contributed by atoms with Crippen LogP contribution in [-0.2, 0) is 19.3 Å². The van der Waals surface area contributed by atoms with Crippen LogP contribution in [0.2, 0.25) is 0 Å². The fourth-order valence-corrected chi connectivity index (χ4v) is 2.88. The average molecular weight is 505 g/mol. The van der Waals surface area contributed by atoms with Crippen LogP contribution in [0.15, 0.2) is 28.8 Å². The normalized spacial score (nSPS) is 11.6. The van der Waals surface area contributed by atoms with Crippen LogP contribution in [0.25, 0.3) is 0 Å². The zero-order valence-electron chi connectivity index (χ0n) is 14.8. The molecule has 1 N–H and O–H groups in total. The topological polar surface area (TPSA) is 85.8 Å². The molecular weight excluding hydrogens is 490 g/mol. The second kappa shape index (κ2) is 7.89. The van der Waals surface area contributed by atoms with Crippen LogP contribution in [0.5, 0.6) is 0 Å². The summed E-state index contributed by atoms with van der Waals surface area (Å²) >= 11 is 2.19. The predicted molar refractivity (Wildman–Crippen MR) is 100 cm³/mol. The molecular formula is C17H15F3IN5O2. The summed E-state index contributed by atoms with van der Waals surface area (Å²) in [4.78, 5) is 16.2. The van der Waals surface area contributed by atoms with Crippen molar-refractivity contribution in [2.24, 2.45) is 0 Å². The number of alkyl halides is 3. The minimum absolute atomic E-state index is 0.101. The predicted octanol–water partition coefficient (Wildman–Crippen LogP) is 3.48. The van der Waals surface area contributed by atoms with Crippen LogP contribution < -0.4 is 5.32 Å². The smallest absolute Gasteiger partial charge is 0.344 e. The van der Waals surface area contributed by atoms with Gasteiger partial charge in [0.1, 0.15) is 6.54 Å². The maximum Gasteiger partial charge on any atom is 0.416 e. The number of nitrogens with one attached hydrogen (secondary N) is 1. The molecule has 1 amide bonds. The van der Waals surface area contributed by atoms with Gasteiger partial charge in [-0.1, -0.05) is 17.3 Å². The largest absolute Gasteiger partial charge is 0.416 e. The van der Waals surface area contributed by atoms with E-state index in [9.17, 15) is 18.0 Å². The van der Waals surface area contributed by atoms with E-state index in [2.05, 4.69) is 43.1 Å². The molecule has 0 radical (unpaired) electrons. The van der Waals surface area contributed by atoms with Crippen molar-refractivity contribution in [3.05, 3.63) is 62.1 Å². The Morgan fingerprint density at radius 3 is 2.71 bits per heavy atom. The maximum absolute atomic E-state index is 12.7. The number of nitrogens with zero attached hydrogens (tertiary/aromatic N) is 4. The quantitative estimate of drug-likeness (QED) is 0.537. The summed E-state index contributed by atoms with van der Waals surface area (Å²) in [6.45, 7) is 3.93. The highest BCUT2D eigenvalue weighted by Gasteiger charge is 2.30. The average Bonchev–Trinajstić information content (AvgIpc) is 3.20. The van der Waals surface area contributed by atoms with Gasteiger partial charge in [-0.15, -0.1) is 0 Å². The van der Waals surface area contributed by atoms with Crippen LogP contribution in [-0.4, -0.2) is 25.8 Å². The fourth-order valence-electron chi connectivity index (χ4n) is 2.49. The Kier molecular flexibility index (Phi) is 5.72. The van der Waals surface area contributed by atoms with Crippen molar-refractivity contribution in [2.75, 3.05) is 0 Å². The fraction of sp³-hybridized carbons (Fsp3) is 0.294. The van der Waals surface area contributed by atoms with Crippen LogP contribution in [0, 0.1) is 17.4 Å². The summed E-state index contributed by atoms with van der Waals surface area (Å²) < 4.78 is 45.9. The number of amides is 1. The molecule has 0 bridgehead atoms. The minimum Gasteiger partial charge on any atom is -0.344 e. The van der Waals surface area contributed by atoms with Crippen molar-refractivity contribution in [3.8, 4) is 0 Å². The lowest BCUT2D eigenvalue weighted by Gasteiger charge is -2.08. The maximum atomic E-state index is 12.7. The summed E-state index contributed by atoms with van der Waals surface area (Å²) in [6, 6.07) is 4.71. The highest BCUT2D eigenvalue weighted by Crippen LogP contribution is 2.29. The van der Waals surface area contributed by atoms with Crippen LogP contribution in [0.4, 0.5) is 13.2 Å². The Bertz CT molecular complexity index is 1010. The molecule has 0 atom stereocenters. The molecule has 7 nitrogen and oxygen atoms in total. The molecule has 0 aliphatic rings. The van der Waals surface area contributed by atoms with Gasteiger partial charge < -0.3 is 9.84 Å². The molecule has 0 aliphatic carbocycles. The molecule has 0 spiro atoms. The Hall–Kier alpha value is -2.44. The van der Waals surface area contributed by atoms with E-state index in [0.29, 0.717) is 5.56 Å². The number of aromatic nitrogens is 4. The Labute approximate surface area is 171 Å². The van der Waals surface area contributed by atoms with Gasteiger partial charge in [0.2, 0.25) is 0 Å². The third-order valence-electron chi connectivity index (χ3n) is 3.95. The molecule has 28 heavy (non-hydrogen) atoms. The van der Waals surface area contributed by atoms with Gasteiger partial charge in [0.25, 0.3) is 0 Å². The summed E-state index contributed by atoms with van der Waals surface area (Å²) in [5.41, 5.74) is 1.35. The highest BCUT2D eigenvalue weighted by atomic mass is 127. The second-order valence-electron chi connectivity index (χ2n) is 6.04. The van der Waals surface area contributed by atoms with Gasteiger partial charge in [0, 0.05) is 12.2 Å². The lowest BCUT2D eigenvalue weighted by Crippen LogP contribution is -2.23. The van der Waals surface area contributed by atoms with Crippen molar-refractivity contribution < 1.29 is 22.5 Å². The number of halogens is 4. The summed E-state index contributed by atoms with van der Waals surface area (Å²) in [6.07, 6.45) is -4.44. The molecule has 0 fully saturated rings. The molecule has 2 aromatic heterocycles. The Morgan fingerprint density at radius 1 is 1.32 bits per heavy atom. The van der Waals surface area contributed by atoms with Crippen molar-refractivity contribution in [1.82, 2.24) is 25.2 Å². The zero-order valence-corrected chi connectivity index (χ0v) is 17.0. The molecule has 148 valence electrons. The van der Waals surface area contributed by atoms with Gasteiger partial charge in [-0.05, 0) is 54.1 Å². The van der Waals surface area contributed by atoms with E-state index in [4.69, 9.17) is 4.52 Å². The van der Waals surface area contributed by atoms with Gasteiger partial charge in [-0.2, -0.15) is 23.3 Å². The van der Waals surface area contributed by atoms with E-state index < -0.39 is 17.6 Å². The van der Waals surface area contributed by atoms with Crippen LogP contribution >= 0.6 is 22.6 Å². The van der Waals surface area contributed by atoms with Crippen LogP contribution in [0.3, 0.4) is 0 Å². The number of hydrogen-bond donors (Lipinski definition) is 1. The van der Waals surface area contributed by atoms with Gasteiger partial charge in [0.05, 0.1) is 14.8 Å². The number of benzene rings is 1. The first kappa shape index (κ1) is 20.3. The van der Waals surface area contributed by atoms with Crippen molar-refractivity contribution in [2.45, 2.75) is 33.1 Å². The Morgan fingerprint density at radius 2 is 2.07 bits per heavy atom. The highest BCUT2D eigenvalue weighted by molar-refractivity contribution is 14.1. The van der Waals surface area contributed by atoms with E-state index >= 15 is 0 Å². The molecule has 0 saturated heterocycles.